The molecule has 5 nitrogen and oxygen atoms in total. The zero-order valence-corrected chi connectivity index (χ0v) is 7.20. The number of ether oxygens (including phenoxy) is 1. The highest BCUT2D eigenvalue weighted by Gasteiger charge is 2.37. The van der Waals surface area contributed by atoms with Crippen molar-refractivity contribution < 1.29 is 14.3 Å². The maximum Gasteiger partial charge on any atom is 0.324 e. The SMILES string of the molecule is COC(=O)C1C(=O)N(C)N=C1C. The minimum atomic E-state index is -0.833. The molecule has 5 heteroatoms. The van der Waals surface area contributed by atoms with Gasteiger partial charge in [0.15, 0.2) is 5.92 Å². The average Bonchev–Trinajstić information content (AvgIpc) is 2.26. The van der Waals surface area contributed by atoms with Gasteiger partial charge in [0.25, 0.3) is 5.91 Å². The third-order valence-electron chi connectivity index (χ3n) is 1.73. The summed E-state index contributed by atoms with van der Waals surface area (Å²) in [5.41, 5.74) is 0.481. The van der Waals surface area contributed by atoms with Crippen molar-refractivity contribution in [3.8, 4) is 0 Å². The van der Waals surface area contributed by atoms with Crippen molar-refractivity contribution >= 4 is 17.6 Å². The molecule has 12 heavy (non-hydrogen) atoms. The van der Waals surface area contributed by atoms with E-state index in [0.717, 1.165) is 5.01 Å². The number of amides is 1. The van der Waals surface area contributed by atoms with Crippen LogP contribution in [0.2, 0.25) is 0 Å². The lowest BCUT2D eigenvalue weighted by Crippen LogP contribution is -2.31. The van der Waals surface area contributed by atoms with Crippen LogP contribution in [0.25, 0.3) is 0 Å². The fourth-order valence-electron chi connectivity index (χ4n) is 1.10. The van der Waals surface area contributed by atoms with Crippen molar-refractivity contribution in [1.82, 2.24) is 5.01 Å². The number of carbonyl (C=O) groups excluding carboxylic acids is 2. The van der Waals surface area contributed by atoms with Crippen LogP contribution >= 0.6 is 0 Å². The zero-order chi connectivity index (χ0) is 9.30. The van der Waals surface area contributed by atoms with Crippen molar-refractivity contribution in [3.05, 3.63) is 0 Å². The number of esters is 1. The van der Waals surface area contributed by atoms with Gasteiger partial charge in [-0.25, -0.2) is 5.01 Å². The molecule has 0 bridgehead atoms. The number of rotatable bonds is 1. The standard InChI is InChI=1S/C7H10N2O3/c1-4-5(7(11)12-3)6(10)9(2)8-4/h5H,1-3H3. The minimum absolute atomic E-state index is 0.334. The predicted octanol–water partition coefficient (Wildman–Crippen LogP) is -0.377. The second kappa shape index (κ2) is 2.92. The summed E-state index contributed by atoms with van der Waals surface area (Å²) in [5.74, 6) is -1.72. The van der Waals surface area contributed by atoms with Gasteiger partial charge >= 0.3 is 5.97 Å². The van der Waals surface area contributed by atoms with Crippen LogP contribution < -0.4 is 0 Å². The highest BCUT2D eigenvalue weighted by atomic mass is 16.5. The number of nitrogens with zero attached hydrogens (tertiary/aromatic N) is 2. The summed E-state index contributed by atoms with van der Waals surface area (Å²) in [6.07, 6.45) is 0. The molecule has 0 radical (unpaired) electrons. The lowest BCUT2D eigenvalue weighted by Gasteiger charge is -2.06. The lowest BCUT2D eigenvalue weighted by atomic mass is 10.1. The number of hydrazone groups is 1. The van der Waals surface area contributed by atoms with Gasteiger partial charge in [-0.2, -0.15) is 5.10 Å². The van der Waals surface area contributed by atoms with E-state index in [9.17, 15) is 9.59 Å². The van der Waals surface area contributed by atoms with E-state index in [0.29, 0.717) is 5.71 Å². The van der Waals surface area contributed by atoms with E-state index in [1.807, 2.05) is 0 Å². The molecule has 0 aliphatic carbocycles. The van der Waals surface area contributed by atoms with E-state index in [2.05, 4.69) is 9.84 Å². The van der Waals surface area contributed by atoms with Crippen molar-refractivity contribution in [2.75, 3.05) is 14.2 Å². The Bertz CT molecular complexity index is 259. The molecule has 0 spiro atoms. The van der Waals surface area contributed by atoms with Gasteiger partial charge in [0, 0.05) is 7.05 Å². The summed E-state index contributed by atoms with van der Waals surface area (Å²) in [4.78, 5) is 22.3. The fraction of sp³-hybridized carbons (Fsp3) is 0.571. The summed E-state index contributed by atoms with van der Waals surface area (Å²) >= 11 is 0. The van der Waals surface area contributed by atoms with Crippen LogP contribution in [0.4, 0.5) is 0 Å². The molecule has 1 aliphatic heterocycles. The zero-order valence-electron chi connectivity index (χ0n) is 7.20. The first-order valence-corrected chi connectivity index (χ1v) is 3.48. The third-order valence-corrected chi connectivity index (χ3v) is 1.73. The molecule has 0 N–H and O–H groups in total. The number of methoxy groups -OCH3 is 1. The molecule has 1 amide bonds. The second-order valence-corrected chi connectivity index (χ2v) is 2.56. The Morgan fingerprint density at radius 3 is 2.58 bits per heavy atom. The largest absolute Gasteiger partial charge is 0.468 e. The monoisotopic (exact) mass is 170 g/mol. The normalized spacial score (nSPS) is 22.6. The molecule has 1 atom stereocenters. The molecule has 0 aromatic rings. The molecular formula is C7H10N2O3. The van der Waals surface area contributed by atoms with Crippen LogP contribution in [-0.2, 0) is 14.3 Å². The molecule has 0 aromatic carbocycles. The topological polar surface area (TPSA) is 59.0 Å². The van der Waals surface area contributed by atoms with Crippen LogP contribution in [0.5, 0.6) is 0 Å². The minimum Gasteiger partial charge on any atom is -0.468 e. The molecule has 0 saturated carbocycles. The summed E-state index contributed by atoms with van der Waals surface area (Å²) < 4.78 is 4.46. The molecule has 1 rings (SSSR count). The average molecular weight is 170 g/mol. The molecule has 0 aromatic heterocycles. The molecule has 0 fully saturated rings. The Morgan fingerprint density at radius 1 is 1.67 bits per heavy atom. The first kappa shape index (κ1) is 8.70. The van der Waals surface area contributed by atoms with Crippen molar-refractivity contribution in [2.24, 2.45) is 11.0 Å². The van der Waals surface area contributed by atoms with Crippen LogP contribution in [0, 0.1) is 5.92 Å². The molecule has 1 heterocycles. The van der Waals surface area contributed by atoms with E-state index >= 15 is 0 Å². The van der Waals surface area contributed by atoms with Crippen LogP contribution in [0.3, 0.4) is 0 Å². The van der Waals surface area contributed by atoms with Gasteiger partial charge in [-0.3, -0.25) is 9.59 Å². The van der Waals surface area contributed by atoms with Gasteiger partial charge < -0.3 is 4.74 Å². The molecule has 66 valence electrons. The van der Waals surface area contributed by atoms with Gasteiger partial charge in [0.1, 0.15) is 0 Å². The maximum absolute atomic E-state index is 11.2. The highest BCUT2D eigenvalue weighted by molar-refractivity contribution is 6.20. The Balaban J connectivity index is 2.86. The van der Waals surface area contributed by atoms with Gasteiger partial charge in [-0.15, -0.1) is 0 Å². The van der Waals surface area contributed by atoms with Crippen LogP contribution in [0.1, 0.15) is 6.92 Å². The van der Waals surface area contributed by atoms with Gasteiger partial charge in [0.2, 0.25) is 0 Å². The lowest BCUT2D eigenvalue weighted by molar-refractivity contribution is -0.148. The van der Waals surface area contributed by atoms with Crippen LogP contribution in [0.15, 0.2) is 5.10 Å². The predicted molar refractivity (Wildman–Crippen MR) is 41.4 cm³/mol. The third kappa shape index (κ3) is 1.17. The summed E-state index contributed by atoms with van der Waals surface area (Å²) in [5, 5.41) is 4.97. The van der Waals surface area contributed by atoms with E-state index in [-0.39, 0.29) is 5.91 Å². The maximum atomic E-state index is 11.2. The smallest absolute Gasteiger partial charge is 0.324 e. The Labute approximate surface area is 70.0 Å². The van der Waals surface area contributed by atoms with Gasteiger partial charge in [-0.1, -0.05) is 0 Å². The van der Waals surface area contributed by atoms with E-state index in [1.165, 1.54) is 14.2 Å². The summed E-state index contributed by atoms with van der Waals surface area (Å²) in [6.45, 7) is 1.63. The summed E-state index contributed by atoms with van der Waals surface area (Å²) in [6, 6.07) is 0. The van der Waals surface area contributed by atoms with Crippen molar-refractivity contribution in [1.29, 1.82) is 0 Å². The van der Waals surface area contributed by atoms with Crippen molar-refractivity contribution in [2.45, 2.75) is 6.92 Å². The highest BCUT2D eigenvalue weighted by Crippen LogP contribution is 2.14. The molecule has 1 aliphatic rings. The van der Waals surface area contributed by atoms with Gasteiger partial charge in [-0.05, 0) is 6.92 Å². The molecule has 0 saturated heterocycles. The van der Waals surface area contributed by atoms with Gasteiger partial charge in [0.05, 0.1) is 12.8 Å². The summed E-state index contributed by atoms with van der Waals surface area (Å²) in [7, 11) is 2.76. The Kier molecular flexibility index (Phi) is 2.12. The molecule has 1 unspecified atom stereocenters. The van der Waals surface area contributed by atoms with Crippen molar-refractivity contribution in [3.63, 3.8) is 0 Å². The number of carbonyl (C=O) groups is 2. The first-order chi connectivity index (χ1) is 5.57. The Morgan fingerprint density at radius 2 is 2.25 bits per heavy atom. The fourth-order valence-corrected chi connectivity index (χ4v) is 1.10. The Hall–Kier alpha value is -1.39. The first-order valence-electron chi connectivity index (χ1n) is 3.48. The quantitative estimate of drug-likeness (QED) is 0.398. The molecular weight excluding hydrogens is 160 g/mol. The van der Waals surface area contributed by atoms with E-state index in [1.54, 1.807) is 6.92 Å². The second-order valence-electron chi connectivity index (χ2n) is 2.56. The number of hydrogen-bond donors (Lipinski definition) is 0. The van der Waals surface area contributed by atoms with E-state index in [4.69, 9.17) is 0 Å². The van der Waals surface area contributed by atoms with Crippen LogP contribution in [-0.4, -0.2) is 36.8 Å². The van der Waals surface area contributed by atoms with E-state index < -0.39 is 11.9 Å². The number of hydrogen-bond acceptors (Lipinski definition) is 4.